The van der Waals surface area contributed by atoms with Gasteiger partial charge in [-0.1, -0.05) is 24.6 Å². The first-order chi connectivity index (χ1) is 7.47. The maximum atomic E-state index is 9.69. The monoisotopic (exact) mass is 242 g/mol. The van der Waals surface area contributed by atoms with Gasteiger partial charge in [0.05, 0.1) is 12.1 Å². The minimum Gasteiger partial charge on any atom is -0.391 e. The molecule has 0 aliphatic heterocycles. The highest BCUT2D eigenvalue weighted by atomic mass is 35.5. The van der Waals surface area contributed by atoms with E-state index in [1.807, 2.05) is 44.1 Å². The molecule has 0 heterocycles. The first-order valence-electron chi connectivity index (χ1n) is 5.37. The summed E-state index contributed by atoms with van der Waals surface area (Å²) in [6, 6.07) is 5.26. The van der Waals surface area contributed by atoms with Crippen molar-refractivity contribution < 1.29 is 5.11 Å². The van der Waals surface area contributed by atoms with Crippen molar-refractivity contribution in [1.29, 1.82) is 0 Å². The lowest BCUT2D eigenvalue weighted by Gasteiger charge is -2.20. The maximum absolute atomic E-state index is 9.69. The highest BCUT2D eigenvalue weighted by molar-refractivity contribution is 6.31. The number of halogens is 1. The molecule has 0 spiro atoms. The number of nitrogens with two attached hydrogens (primary N) is 1. The number of aliphatic hydroxyl groups excluding tert-OH is 1. The summed E-state index contributed by atoms with van der Waals surface area (Å²) in [5.41, 5.74) is 7.74. The number of nitrogens with zero attached hydrogens (tertiary/aromatic N) is 1. The SMILES string of the molecule is CC[C@H](O)[C@H](N)c1ccc(N(C)C)cc1Cl. The Balaban J connectivity index is 2.99. The number of hydrogen-bond acceptors (Lipinski definition) is 3. The van der Waals surface area contributed by atoms with E-state index >= 15 is 0 Å². The van der Waals surface area contributed by atoms with Crippen molar-refractivity contribution in [3.63, 3.8) is 0 Å². The quantitative estimate of drug-likeness (QED) is 0.851. The molecular formula is C12H19ClN2O. The van der Waals surface area contributed by atoms with Crippen molar-refractivity contribution in [1.82, 2.24) is 0 Å². The second-order valence-electron chi connectivity index (χ2n) is 4.10. The van der Waals surface area contributed by atoms with Gasteiger partial charge in [-0.15, -0.1) is 0 Å². The first-order valence-corrected chi connectivity index (χ1v) is 5.75. The lowest BCUT2D eigenvalue weighted by atomic mass is 10.0. The summed E-state index contributed by atoms with van der Waals surface area (Å²) < 4.78 is 0. The van der Waals surface area contributed by atoms with Crippen molar-refractivity contribution in [2.45, 2.75) is 25.5 Å². The van der Waals surface area contributed by atoms with E-state index in [1.165, 1.54) is 0 Å². The summed E-state index contributed by atoms with van der Waals surface area (Å²) >= 11 is 6.15. The number of rotatable bonds is 4. The lowest BCUT2D eigenvalue weighted by molar-refractivity contribution is 0.141. The molecule has 0 aliphatic rings. The Morgan fingerprint density at radius 2 is 2.06 bits per heavy atom. The topological polar surface area (TPSA) is 49.5 Å². The predicted molar refractivity (Wildman–Crippen MR) is 69.0 cm³/mol. The average molecular weight is 243 g/mol. The van der Waals surface area contributed by atoms with Crippen LogP contribution in [0.3, 0.4) is 0 Å². The molecule has 0 bridgehead atoms. The van der Waals surface area contributed by atoms with E-state index in [1.54, 1.807) is 0 Å². The molecule has 0 saturated heterocycles. The Kier molecular flexibility index (Phi) is 4.59. The summed E-state index contributed by atoms with van der Waals surface area (Å²) in [6.45, 7) is 1.90. The Hall–Kier alpha value is -0.770. The molecule has 0 aliphatic carbocycles. The minimum absolute atomic E-state index is 0.422. The molecule has 1 aromatic carbocycles. The van der Waals surface area contributed by atoms with Crippen LogP contribution in [0.1, 0.15) is 24.9 Å². The molecule has 0 saturated carbocycles. The lowest BCUT2D eigenvalue weighted by Crippen LogP contribution is -2.25. The van der Waals surface area contributed by atoms with Crippen molar-refractivity contribution in [2.75, 3.05) is 19.0 Å². The van der Waals surface area contributed by atoms with E-state index in [0.717, 1.165) is 11.3 Å². The van der Waals surface area contributed by atoms with E-state index in [4.69, 9.17) is 17.3 Å². The van der Waals surface area contributed by atoms with Gasteiger partial charge in [0.1, 0.15) is 0 Å². The molecule has 1 aromatic rings. The third-order valence-electron chi connectivity index (χ3n) is 2.69. The molecule has 0 fully saturated rings. The molecule has 1 rings (SSSR count). The van der Waals surface area contributed by atoms with Gasteiger partial charge in [0.15, 0.2) is 0 Å². The second-order valence-corrected chi connectivity index (χ2v) is 4.51. The maximum Gasteiger partial charge on any atom is 0.0730 e. The zero-order valence-corrected chi connectivity index (χ0v) is 10.7. The van der Waals surface area contributed by atoms with Gasteiger partial charge in [-0.25, -0.2) is 0 Å². The van der Waals surface area contributed by atoms with Crippen molar-refractivity contribution in [3.05, 3.63) is 28.8 Å². The van der Waals surface area contributed by atoms with E-state index in [2.05, 4.69) is 0 Å². The number of aliphatic hydroxyl groups is 1. The molecule has 90 valence electrons. The second kappa shape index (κ2) is 5.53. The van der Waals surface area contributed by atoms with Crippen LogP contribution in [0.5, 0.6) is 0 Å². The van der Waals surface area contributed by atoms with E-state index < -0.39 is 12.1 Å². The highest BCUT2D eigenvalue weighted by Gasteiger charge is 2.17. The Morgan fingerprint density at radius 1 is 1.44 bits per heavy atom. The fourth-order valence-corrected chi connectivity index (χ4v) is 1.83. The Bertz CT molecular complexity index is 355. The number of benzene rings is 1. The van der Waals surface area contributed by atoms with E-state index in [9.17, 15) is 5.11 Å². The fourth-order valence-electron chi connectivity index (χ4n) is 1.53. The first kappa shape index (κ1) is 13.3. The van der Waals surface area contributed by atoms with Crippen LogP contribution in [0.4, 0.5) is 5.69 Å². The molecule has 2 atom stereocenters. The molecule has 0 amide bonds. The van der Waals surface area contributed by atoms with E-state index in [0.29, 0.717) is 11.4 Å². The number of hydrogen-bond donors (Lipinski definition) is 2. The standard InChI is InChI=1S/C12H19ClN2O/c1-4-11(16)12(14)9-6-5-8(15(2)3)7-10(9)13/h5-7,11-12,16H,4,14H2,1-3H3/t11-,12+/m0/s1. The summed E-state index contributed by atoms with van der Waals surface area (Å²) in [5.74, 6) is 0. The third kappa shape index (κ3) is 2.88. The number of anilines is 1. The predicted octanol–water partition coefficient (Wildman–Crippen LogP) is 2.18. The highest BCUT2D eigenvalue weighted by Crippen LogP contribution is 2.28. The van der Waals surface area contributed by atoms with Crippen molar-refractivity contribution >= 4 is 17.3 Å². The van der Waals surface area contributed by atoms with Gasteiger partial charge in [-0.2, -0.15) is 0 Å². The third-order valence-corrected chi connectivity index (χ3v) is 3.02. The van der Waals surface area contributed by atoms with Crippen LogP contribution in [0, 0.1) is 0 Å². The van der Waals surface area contributed by atoms with Crippen LogP contribution in [0.25, 0.3) is 0 Å². The van der Waals surface area contributed by atoms with Gasteiger partial charge >= 0.3 is 0 Å². The summed E-state index contributed by atoms with van der Waals surface area (Å²) in [6.07, 6.45) is 0.0649. The van der Waals surface area contributed by atoms with Gasteiger partial charge in [-0.05, 0) is 24.1 Å². The molecule has 0 aromatic heterocycles. The van der Waals surface area contributed by atoms with Crippen LogP contribution < -0.4 is 10.6 Å². The Labute approximate surface area is 102 Å². The van der Waals surface area contributed by atoms with Gasteiger partial charge in [0.25, 0.3) is 0 Å². The van der Waals surface area contributed by atoms with Gasteiger partial charge < -0.3 is 15.7 Å². The van der Waals surface area contributed by atoms with Gasteiger partial charge in [0, 0.05) is 24.8 Å². The van der Waals surface area contributed by atoms with Crippen LogP contribution in [0.2, 0.25) is 5.02 Å². The molecular weight excluding hydrogens is 224 g/mol. The van der Waals surface area contributed by atoms with Crippen molar-refractivity contribution in [2.24, 2.45) is 5.73 Å². The Morgan fingerprint density at radius 3 is 2.50 bits per heavy atom. The summed E-state index contributed by atoms with van der Waals surface area (Å²) in [4.78, 5) is 1.97. The van der Waals surface area contributed by atoms with Crippen LogP contribution in [-0.2, 0) is 0 Å². The minimum atomic E-state index is -0.553. The summed E-state index contributed by atoms with van der Waals surface area (Å²) in [5, 5.41) is 10.3. The van der Waals surface area contributed by atoms with Crippen molar-refractivity contribution in [3.8, 4) is 0 Å². The smallest absolute Gasteiger partial charge is 0.0730 e. The normalized spacial score (nSPS) is 14.6. The van der Waals surface area contributed by atoms with Gasteiger partial charge in [0.2, 0.25) is 0 Å². The van der Waals surface area contributed by atoms with E-state index in [-0.39, 0.29) is 0 Å². The molecule has 16 heavy (non-hydrogen) atoms. The molecule has 3 nitrogen and oxygen atoms in total. The van der Waals surface area contributed by atoms with Crippen LogP contribution in [0.15, 0.2) is 18.2 Å². The fraction of sp³-hybridized carbons (Fsp3) is 0.500. The van der Waals surface area contributed by atoms with Crippen LogP contribution >= 0.6 is 11.6 Å². The van der Waals surface area contributed by atoms with Gasteiger partial charge in [-0.3, -0.25) is 0 Å². The average Bonchev–Trinajstić information content (AvgIpc) is 2.26. The van der Waals surface area contributed by atoms with Crippen LogP contribution in [-0.4, -0.2) is 25.3 Å². The largest absolute Gasteiger partial charge is 0.391 e. The zero-order chi connectivity index (χ0) is 12.3. The molecule has 0 unspecified atom stereocenters. The molecule has 3 N–H and O–H groups in total. The molecule has 0 radical (unpaired) electrons. The molecule has 4 heteroatoms. The zero-order valence-electron chi connectivity index (χ0n) is 9.94. The summed E-state index contributed by atoms with van der Waals surface area (Å²) in [7, 11) is 3.90.